The summed E-state index contributed by atoms with van der Waals surface area (Å²) in [6.07, 6.45) is 8.02. The fourth-order valence-corrected chi connectivity index (χ4v) is 1.89. The minimum absolute atomic E-state index is 0.124. The highest BCUT2D eigenvalue weighted by atomic mass is 16.5. The predicted molar refractivity (Wildman–Crippen MR) is 45.5 cm³/mol. The summed E-state index contributed by atoms with van der Waals surface area (Å²) < 4.78 is 5.17. The molecule has 0 spiro atoms. The van der Waals surface area contributed by atoms with Crippen LogP contribution in [0.1, 0.15) is 19.3 Å². The van der Waals surface area contributed by atoms with Crippen LogP contribution in [0.2, 0.25) is 0 Å². The lowest BCUT2D eigenvalue weighted by atomic mass is 9.83. The third kappa shape index (κ3) is 1.17. The zero-order valence-electron chi connectivity index (χ0n) is 6.95. The predicted octanol–water partition coefficient (Wildman–Crippen LogP) is 1.83. The SMILES string of the molecule is O=CC1CCCC2=C1COC=C2. The number of ether oxygens (including phenoxy) is 1. The van der Waals surface area contributed by atoms with Gasteiger partial charge in [0.2, 0.25) is 0 Å². The van der Waals surface area contributed by atoms with Gasteiger partial charge in [-0.05, 0) is 36.5 Å². The Morgan fingerprint density at radius 1 is 1.58 bits per heavy atom. The summed E-state index contributed by atoms with van der Waals surface area (Å²) in [7, 11) is 0. The molecule has 0 saturated heterocycles. The van der Waals surface area contributed by atoms with Crippen molar-refractivity contribution in [2.24, 2.45) is 5.92 Å². The van der Waals surface area contributed by atoms with Crippen molar-refractivity contribution in [1.29, 1.82) is 0 Å². The molecule has 64 valence electrons. The quantitative estimate of drug-likeness (QED) is 0.552. The molecule has 2 aliphatic rings. The van der Waals surface area contributed by atoms with Gasteiger partial charge in [0, 0.05) is 5.92 Å². The topological polar surface area (TPSA) is 26.3 Å². The molecule has 2 nitrogen and oxygen atoms in total. The average molecular weight is 164 g/mol. The van der Waals surface area contributed by atoms with Gasteiger partial charge >= 0.3 is 0 Å². The van der Waals surface area contributed by atoms with Gasteiger partial charge in [0.05, 0.1) is 6.26 Å². The molecule has 2 rings (SSSR count). The van der Waals surface area contributed by atoms with E-state index in [9.17, 15) is 4.79 Å². The lowest BCUT2D eigenvalue weighted by molar-refractivity contribution is -0.110. The molecule has 0 aromatic rings. The third-order valence-corrected chi connectivity index (χ3v) is 2.59. The zero-order chi connectivity index (χ0) is 8.39. The van der Waals surface area contributed by atoms with Crippen LogP contribution in [0.15, 0.2) is 23.5 Å². The Hall–Kier alpha value is -1.05. The van der Waals surface area contributed by atoms with Crippen LogP contribution in [-0.2, 0) is 9.53 Å². The van der Waals surface area contributed by atoms with Gasteiger partial charge in [-0.2, -0.15) is 0 Å². The molecule has 1 aliphatic heterocycles. The van der Waals surface area contributed by atoms with E-state index < -0.39 is 0 Å². The Kier molecular flexibility index (Phi) is 1.98. The van der Waals surface area contributed by atoms with E-state index >= 15 is 0 Å². The van der Waals surface area contributed by atoms with E-state index in [0.717, 1.165) is 25.5 Å². The van der Waals surface area contributed by atoms with E-state index in [1.165, 1.54) is 11.1 Å². The Morgan fingerprint density at radius 2 is 2.50 bits per heavy atom. The summed E-state index contributed by atoms with van der Waals surface area (Å²) in [6.45, 7) is 0.620. The van der Waals surface area contributed by atoms with E-state index in [1.807, 2.05) is 6.08 Å². The first-order valence-electron chi connectivity index (χ1n) is 4.37. The second-order valence-corrected chi connectivity index (χ2v) is 3.30. The first kappa shape index (κ1) is 7.59. The van der Waals surface area contributed by atoms with Crippen molar-refractivity contribution >= 4 is 6.29 Å². The second kappa shape index (κ2) is 3.13. The van der Waals surface area contributed by atoms with Crippen LogP contribution in [0.5, 0.6) is 0 Å². The van der Waals surface area contributed by atoms with Gasteiger partial charge in [0.25, 0.3) is 0 Å². The van der Waals surface area contributed by atoms with Crippen LogP contribution in [0, 0.1) is 5.92 Å². The van der Waals surface area contributed by atoms with Crippen LogP contribution in [0.3, 0.4) is 0 Å². The molecule has 0 bridgehead atoms. The Bertz CT molecular complexity index is 251. The van der Waals surface area contributed by atoms with Crippen molar-refractivity contribution < 1.29 is 9.53 Å². The average Bonchev–Trinajstić information content (AvgIpc) is 2.17. The smallest absolute Gasteiger partial charge is 0.127 e. The minimum atomic E-state index is 0.124. The van der Waals surface area contributed by atoms with Gasteiger partial charge in [-0.3, -0.25) is 0 Å². The molecule has 0 aromatic carbocycles. The molecule has 0 amide bonds. The van der Waals surface area contributed by atoms with E-state index in [1.54, 1.807) is 6.26 Å². The van der Waals surface area contributed by atoms with Gasteiger partial charge in [-0.1, -0.05) is 0 Å². The van der Waals surface area contributed by atoms with Crippen LogP contribution in [-0.4, -0.2) is 12.9 Å². The summed E-state index contributed by atoms with van der Waals surface area (Å²) in [5, 5.41) is 0. The van der Waals surface area contributed by atoms with E-state index in [2.05, 4.69) is 0 Å². The van der Waals surface area contributed by atoms with Crippen LogP contribution >= 0.6 is 0 Å². The molecule has 0 N–H and O–H groups in total. The molecule has 1 unspecified atom stereocenters. The van der Waals surface area contributed by atoms with Crippen molar-refractivity contribution in [3.8, 4) is 0 Å². The van der Waals surface area contributed by atoms with E-state index in [-0.39, 0.29) is 5.92 Å². The first-order chi connectivity index (χ1) is 5.92. The zero-order valence-corrected chi connectivity index (χ0v) is 6.95. The number of hydrogen-bond acceptors (Lipinski definition) is 2. The maximum absolute atomic E-state index is 10.7. The molecule has 0 radical (unpaired) electrons. The first-order valence-corrected chi connectivity index (χ1v) is 4.37. The molecular weight excluding hydrogens is 152 g/mol. The summed E-state index contributed by atoms with van der Waals surface area (Å²) in [4.78, 5) is 10.7. The molecular formula is C10H12O2. The van der Waals surface area contributed by atoms with Crippen molar-refractivity contribution in [3.05, 3.63) is 23.5 Å². The normalized spacial score (nSPS) is 27.8. The minimum Gasteiger partial charge on any atom is -0.497 e. The number of aldehydes is 1. The maximum Gasteiger partial charge on any atom is 0.127 e. The molecule has 1 heterocycles. The van der Waals surface area contributed by atoms with Crippen molar-refractivity contribution in [1.82, 2.24) is 0 Å². The largest absolute Gasteiger partial charge is 0.497 e. The summed E-state index contributed by atoms with van der Waals surface area (Å²) in [6, 6.07) is 0. The van der Waals surface area contributed by atoms with Crippen molar-refractivity contribution in [3.63, 3.8) is 0 Å². The van der Waals surface area contributed by atoms with Gasteiger partial charge in [-0.15, -0.1) is 0 Å². The van der Waals surface area contributed by atoms with Crippen molar-refractivity contribution in [2.45, 2.75) is 19.3 Å². The fraction of sp³-hybridized carbons (Fsp3) is 0.500. The second-order valence-electron chi connectivity index (χ2n) is 3.30. The molecule has 0 saturated carbocycles. The summed E-state index contributed by atoms with van der Waals surface area (Å²) >= 11 is 0. The van der Waals surface area contributed by atoms with Crippen molar-refractivity contribution in [2.75, 3.05) is 6.61 Å². The highest BCUT2D eigenvalue weighted by Crippen LogP contribution is 2.31. The van der Waals surface area contributed by atoms with Gasteiger partial charge in [0.1, 0.15) is 12.9 Å². The Morgan fingerprint density at radius 3 is 3.33 bits per heavy atom. The lowest BCUT2D eigenvalue weighted by Crippen LogP contribution is -2.18. The third-order valence-electron chi connectivity index (χ3n) is 2.59. The molecule has 12 heavy (non-hydrogen) atoms. The molecule has 1 aliphatic carbocycles. The lowest BCUT2D eigenvalue weighted by Gasteiger charge is -2.25. The molecule has 0 aromatic heterocycles. The Balaban J connectivity index is 2.30. The van der Waals surface area contributed by atoms with Gasteiger partial charge < -0.3 is 9.53 Å². The van der Waals surface area contributed by atoms with Gasteiger partial charge in [0.15, 0.2) is 0 Å². The number of rotatable bonds is 1. The molecule has 1 atom stereocenters. The van der Waals surface area contributed by atoms with Crippen LogP contribution in [0.4, 0.5) is 0 Å². The van der Waals surface area contributed by atoms with Crippen LogP contribution in [0.25, 0.3) is 0 Å². The highest BCUT2D eigenvalue weighted by molar-refractivity contribution is 5.61. The number of allylic oxidation sites excluding steroid dienone is 2. The fourth-order valence-electron chi connectivity index (χ4n) is 1.89. The molecule has 2 heteroatoms. The standard InChI is InChI=1S/C10H12O2/c11-6-9-3-1-2-8-4-5-12-7-10(8)9/h4-6,9H,1-3,7H2. The number of hydrogen-bond donors (Lipinski definition) is 0. The van der Waals surface area contributed by atoms with E-state index in [0.29, 0.717) is 6.61 Å². The summed E-state index contributed by atoms with van der Waals surface area (Å²) in [5.41, 5.74) is 2.53. The monoisotopic (exact) mass is 164 g/mol. The molecule has 0 fully saturated rings. The maximum atomic E-state index is 10.7. The summed E-state index contributed by atoms with van der Waals surface area (Å²) in [5.74, 6) is 0.124. The van der Waals surface area contributed by atoms with Gasteiger partial charge in [-0.25, -0.2) is 0 Å². The van der Waals surface area contributed by atoms with E-state index in [4.69, 9.17) is 4.74 Å². The highest BCUT2D eigenvalue weighted by Gasteiger charge is 2.22. The Labute approximate surface area is 71.9 Å². The number of carbonyl (C=O) groups excluding carboxylic acids is 1. The number of carbonyl (C=O) groups is 1. The van der Waals surface area contributed by atoms with Crippen LogP contribution < -0.4 is 0 Å².